The smallest absolute Gasteiger partial charge is 0.389 e. The number of anilines is 1. The van der Waals surface area contributed by atoms with E-state index in [1.807, 2.05) is 13.8 Å². The van der Waals surface area contributed by atoms with Crippen LogP contribution in [0.25, 0.3) is 0 Å². The molecule has 2 aromatic rings. The van der Waals surface area contributed by atoms with E-state index in [-0.39, 0.29) is 52.9 Å². The maximum absolute atomic E-state index is 14.1. The van der Waals surface area contributed by atoms with Crippen LogP contribution in [-0.2, 0) is 19.6 Å². The van der Waals surface area contributed by atoms with Gasteiger partial charge in [-0.2, -0.15) is 17.5 Å². The number of amides is 2. The fourth-order valence-electron chi connectivity index (χ4n) is 4.86. The Morgan fingerprint density at radius 1 is 1.24 bits per heavy atom. The SMILES string of the molecule is C[C@@H]1CCCCO[C@@H](CN(C)S(=O)(=O)c2cccs2)[C@@H](C)CN([C@@H](C)CO)C(=O)c2cc(NC(=O)CCC(F)(F)F)ccc2O1. The fourth-order valence-corrected chi connectivity index (χ4v) is 7.24. The number of fused-ring (bicyclic) bond motifs is 1. The first kappa shape index (κ1) is 36.7. The van der Waals surface area contributed by atoms with Gasteiger partial charge in [0.15, 0.2) is 0 Å². The van der Waals surface area contributed by atoms with Crippen LogP contribution in [0.5, 0.6) is 5.75 Å². The molecule has 10 nitrogen and oxygen atoms in total. The summed E-state index contributed by atoms with van der Waals surface area (Å²) in [4.78, 5) is 27.8. The third-order valence-corrected chi connectivity index (χ3v) is 10.8. The lowest BCUT2D eigenvalue weighted by Crippen LogP contribution is -2.48. The highest BCUT2D eigenvalue weighted by Gasteiger charge is 2.33. The number of nitrogens with zero attached hydrogens (tertiary/aromatic N) is 2. The number of sulfonamides is 1. The average molecular weight is 678 g/mol. The number of alkyl halides is 3. The Labute approximate surface area is 266 Å². The normalized spacial score (nSPS) is 21.5. The van der Waals surface area contributed by atoms with Gasteiger partial charge in [-0.25, -0.2) is 8.42 Å². The molecule has 0 unspecified atom stereocenters. The summed E-state index contributed by atoms with van der Waals surface area (Å²) in [5.74, 6) is -1.55. The van der Waals surface area contributed by atoms with E-state index in [1.54, 1.807) is 18.4 Å². The van der Waals surface area contributed by atoms with Crippen LogP contribution in [0.15, 0.2) is 39.9 Å². The summed E-state index contributed by atoms with van der Waals surface area (Å²) >= 11 is 1.11. The largest absolute Gasteiger partial charge is 0.490 e. The summed E-state index contributed by atoms with van der Waals surface area (Å²) in [5, 5.41) is 14.2. The van der Waals surface area contributed by atoms with Gasteiger partial charge >= 0.3 is 6.18 Å². The predicted octanol–water partition coefficient (Wildman–Crippen LogP) is 5.15. The molecule has 1 aliphatic heterocycles. The molecule has 2 heterocycles. The van der Waals surface area contributed by atoms with Crippen LogP contribution < -0.4 is 10.1 Å². The van der Waals surface area contributed by atoms with Gasteiger partial charge in [0.1, 0.15) is 9.96 Å². The van der Waals surface area contributed by atoms with E-state index in [0.717, 1.165) is 17.8 Å². The third-order valence-electron chi connectivity index (χ3n) is 7.57. The molecule has 252 valence electrons. The highest BCUT2D eigenvalue weighted by atomic mass is 32.2. The number of benzene rings is 1. The van der Waals surface area contributed by atoms with Gasteiger partial charge in [0.05, 0.1) is 36.8 Å². The molecule has 45 heavy (non-hydrogen) atoms. The van der Waals surface area contributed by atoms with Crippen molar-refractivity contribution in [3.05, 3.63) is 41.3 Å². The second-order valence-corrected chi connectivity index (χ2v) is 14.6. The molecule has 0 saturated heterocycles. The molecule has 0 aliphatic carbocycles. The molecular weight excluding hydrogens is 635 g/mol. The highest BCUT2D eigenvalue weighted by Crippen LogP contribution is 2.29. The molecule has 0 spiro atoms. The van der Waals surface area contributed by atoms with Gasteiger partial charge in [0.25, 0.3) is 15.9 Å². The summed E-state index contributed by atoms with van der Waals surface area (Å²) in [6.07, 6.45) is -5.41. The minimum atomic E-state index is -4.49. The molecule has 1 aromatic heterocycles. The zero-order valence-corrected chi connectivity index (χ0v) is 27.5. The molecule has 1 aromatic carbocycles. The van der Waals surface area contributed by atoms with Crippen LogP contribution in [0.4, 0.5) is 18.9 Å². The number of likely N-dealkylation sites (N-methyl/N-ethyl adjacent to an activating group) is 1. The lowest BCUT2D eigenvalue weighted by atomic mass is 10.0. The van der Waals surface area contributed by atoms with Crippen molar-refractivity contribution in [1.29, 1.82) is 0 Å². The maximum atomic E-state index is 14.1. The van der Waals surface area contributed by atoms with E-state index in [2.05, 4.69) is 5.32 Å². The molecule has 4 atom stereocenters. The van der Waals surface area contributed by atoms with Crippen LogP contribution in [0.2, 0.25) is 0 Å². The van der Waals surface area contributed by atoms with Gasteiger partial charge in [0, 0.05) is 44.8 Å². The van der Waals surface area contributed by atoms with Crippen LogP contribution in [-0.4, -0.2) is 92.3 Å². The van der Waals surface area contributed by atoms with Crippen molar-refractivity contribution in [2.24, 2.45) is 5.92 Å². The molecule has 15 heteroatoms. The van der Waals surface area contributed by atoms with E-state index in [1.165, 1.54) is 40.5 Å². The number of aliphatic hydroxyl groups excluding tert-OH is 1. The molecule has 0 saturated carbocycles. The fraction of sp³-hybridized carbons (Fsp3) is 0.600. The number of rotatable bonds is 9. The first-order valence-corrected chi connectivity index (χ1v) is 17.1. The minimum Gasteiger partial charge on any atom is -0.490 e. The predicted molar refractivity (Wildman–Crippen MR) is 165 cm³/mol. The van der Waals surface area contributed by atoms with Crippen LogP contribution in [0, 0.1) is 5.92 Å². The van der Waals surface area contributed by atoms with E-state index < -0.39 is 53.0 Å². The lowest BCUT2D eigenvalue weighted by Gasteiger charge is -2.35. The van der Waals surface area contributed by atoms with Gasteiger partial charge < -0.3 is 24.8 Å². The molecule has 0 radical (unpaired) electrons. The molecule has 3 rings (SSSR count). The summed E-state index contributed by atoms with van der Waals surface area (Å²) in [6.45, 7) is 5.43. The van der Waals surface area contributed by atoms with Crippen molar-refractivity contribution in [3.8, 4) is 5.75 Å². The van der Waals surface area contributed by atoms with Crippen molar-refractivity contribution in [2.45, 2.75) is 81.5 Å². The van der Waals surface area contributed by atoms with Crippen molar-refractivity contribution in [1.82, 2.24) is 9.21 Å². The second kappa shape index (κ2) is 16.2. The van der Waals surface area contributed by atoms with Gasteiger partial charge in [-0.15, -0.1) is 11.3 Å². The van der Waals surface area contributed by atoms with Crippen molar-refractivity contribution in [3.63, 3.8) is 0 Å². The molecule has 2 N–H and O–H groups in total. The van der Waals surface area contributed by atoms with Crippen LogP contribution in [0.3, 0.4) is 0 Å². The van der Waals surface area contributed by atoms with Crippen molar-refractivity contribution >= 4 is 38.9 Å². The van der Waals surface area contributed by atoms with Crippen LogP contribution >= 0.6 is 11.3 Å². The maximum Gasteiger partial charge on any atom is 0.389 e. The summed E-state index contributed by atoms with van der Waals surface area (Å²) in [7, 11) is -2.28. The first-order valence-electron chi connectivity index (χ1n) is 14.8. The van der Waals surface area contributed by atoms with E-state index >= 15 is 0 Å². The van der Waals surface area contributed by atoms with Crippen molar-refractivity contribution < 1.29 is 45.8 Å². The zero-order chi connectivity index (χ0) is 33.4. The van der Waals surface area contributed by atoms with E-state index in [4.69, 9.17) is 9.47 Å². The Morgan fingerprint density at radius 2 is 1.98 bits per heavy atom. The van der Waals surface area contributed by atoms with E-state index in [0.29, 0.717) is 19.4 Å². The van der Waals surface area contributed by atoms with E-state index in [9.17, 15) is 36.3 Å². The number of halogens is 3. The monoisotopic (exact) mass is 677 g/mol. The Balaban J connectivity index is 1.94. The summed E-state index contributed by atoms with van der Waals surface area (Å²) in [6, 6.07) is 6.84. The number of ether oxygens (including phenoxy) is 2. The van der Waals surface area contributed by atoms with Crippen LogP contribution in [0.1, 0.15) is 63.2 Å². The number of aliphatic hydroxyl groups is 1. The molecule has 0 bridgehead atoms. The molecule has 0 fully saturated rings. The number of carbonyl (C=O) groups excluding carboxylic acids is 2. The summed E-state index contributed by atoms with van der Waals surface area (Å²) < 4.78 is 78.0. The Kier molecular flexibility index (Phi) is 13.2. The molecule has 2 amide bonds. The quantitative estimate of drug-likeness (QED) is 0.377. The standard InChI is InChI=1S/C30H42F3N3O7S2/c1-20-17-36(21(2)19-37)29(39)24-16-23(34-27(38)12-13-30(31,32)33)10-11-25(24)43-22(3)8-5-6-14-42-26(20)18-35(4)45(40,41)28-9-7-15-44-28/h7,9-11,15-16,20-22,26,37H,5-6,8,12-14,17-19H2,1-4H3,(H,34,38)/t20-,21-,22+,26-/m0/s1. The third kappa shape index (κ3) is 10.7. The summed E-state index contributed by atoms with van der Waals surface area (Å²) in [5.41, 5.74) is 0.188. The number of carbonyl (C=O) groups is 2. The van der Waals surface area contributed by atoms with Gasteiger partial charge in [-0.3, -0.25) is 9.59 Å². The Morgan fingerprint density at radius 3 is 2.62 bits per heavy atom. The highest BCUT2D eigenvalue weighted by molar-refractivity contribution is 7.91. The second-order valence-electron chi connectivity index (χ2n) is 11.4. The average Bonchev–Trinajstić information content (AvgIpc) is 3.53. The Hall–Kier alpha value is -2.72. The molecular formula is C30H42F3N3O7S2. The van der Waals surface area contributed by atoms with Gasteiger partial charge in [0.2, 0.25) is 5.91 Å². The van der Waals surface area contributed by atoms with Gasteiger partial charge in [-0.1, -0.05) is 13.0 Å². The number of hydrogen-bond donors (Lipinski definition) is 2. The lowest BCUT2D eigenvalue weighted by molar-refractivity contribution is -0.142. The minimum absolute atomic E-state index is 0.0289. The Bertz CT molecular complexity index is 1370. The molecule has 1 aliphatic rings. The number of thiophene rings is 1. The zero-order valence-electron chi connectivity index (χ0n) is 25.9. The van der Waals surface area contributed by atoms with Gasteiger partial charge in [-0.05, 0) is 62.8 Å². The number of nitrogens with one attached hydrogen (secondary N) is 1. The van der Waals surface area contributed by atoms with Crippen molar-refractivity contribution in [2.75, 3.05) is 38.7 Å². The number of hydrogen-bond acceptors (Lipinski definition) is 8. The first-order chi connectivity index (χ1) is 21.1. The topological polar surface area (TPSA) is 125 Å².